The summed E-state index contributed by atoms with van der Waals surface area (Å²) in [6.45, 7) is 0. The van der Waals surface area contributed by atoms with Gasteiger partial charge in [0, 0.05) is 5.69 Å². The maximum atomic E-state index is 13.1. The summed E-state index contributed by atoms with van der Waals surface area (Å²) in [5.41, 5.74) is 0.476. The molecule has 7 heteroatoms. The Hall–Kier alpha value is -2.34. The maximum absolute atomic E-state index is 13.1. The van der Waals surface area contributed by atoms with E-state index in [2.05, 4.69) is 10.4 Å². The number of aromatic nitrogens is 2. The van der Waals surface area contributed by atoms with Crippen LogP contribution in [0.25, 0.3) is 0 Å². The summed E-state index contributed by atoms with van der Waals surface area (Å²) in [6, 6.07) is 6.19. The Morgan fingerprint density at radius 2 is 1.82 bits per heavy atom. The van der Waals surface area contributed by atoms with Crippen LogP contribution in [-0.4, -0.2) is 15.7 Å². The van der Waals surface area contributed by atoms with Gasteiger partial charge in [0.05, 0.1) is 23.4 Å². The molecule has 6 nitrogen and oxygen atoms in total. The van der Waals surface area contributed by atoms with Gasteiger partial charge in [-0.05, 0) is 74.0 Å². The number of anilines is 2. The minimum atomic E-state index is -1.26. The van der Waals surface area contributed by atoms with E-state index >= 15 is 0 Å². The van der Waals surface area contributed by atoms with Gasteiger partial charge in [0.25, 0.3) is 5.56 Å². The second kappa shape index (κ2) is 6.34. The van der Waals surface area contributed by atoms with Crippen molar-refractivity contribution >= 4 is 28.9 Å². The number of carboxylic acids is 1. The molecule has 0 aliphatic heterocycles. The van der Waals surface area contributed by atoms with E-state index < -0.39 is 5.97 Å². The second-order valence-corrected chi connectivity index (χ2v) is 9.10. The molecule has 4 bridgehead atoms. The molecule has 1 heterocycles. The van der Waals surface area contributed by atoms with Crippen molar-refractivity contribution in [3.8, 4) is 0 Å². The van der Waals surface area contributed by atoms with Crippen molar-refractivity contribution in [2.45, 2.75) is 44.1 Å². The molecule has 6 rings (SSSR count). The first-order valence-electron chi connectivity index (χ1n) is 9.80. The van der Waals surface area contributed by atoms with Gasteiger partial charge >= 0.3 is 0 Å². The van der Waals surface area contributed by atoms with Crippen LogP contribution in [-0.2, 0) is 5.54 Å². The SMILES string of the molecule is O=C([O-])c1cccc(Nc2cnn(C34CC5CC(CC(C5)C3)C4)c(=O)c2Cl)c1. The van der Waals surface area contributed by atoms with E-state index in [4.69, 9.17) is 11.6 Å². The van der Waals surface area contributed by atoms with Crippen molar-refractivity contribution in [3.63, 3.8) is 0 Å². The molecule has 0 atom stereocenters. The molecule has 0 amide bonds. The largest absolute Gasteiger partial charge is 0.545 e. The van der Waals surface area contributed by atoms with Crippen molar-refractivity contribution in [1.29, 1.82) is 0 Å². The zero-order valence-electron chi connectivity index (χ0n) is 15.4. The Kier molecular flexibility index (Phi) is 4.02. The van der Waals surface area contributed by atoms with Gasteiger partial charge in [-0.1, -0.05) is 23.7 Å². The van der Waals surface area contributed by atoms with Crippen LogP contribution in [0.2, 0.25) is 5.02 Å². The van der Waals surface area contributed by atoms with Gasteiger partial charge in [0.2, 0.25) is 0 Å². The summed E-state index contributed by atoms with van der Waals surface area (Å²) in [5.74, 6) is 0.835. The zero-order chi connectivity index (χ0) is 19.5. The lowest BCUT2D eigenvalue weighted by Gasteiger charge is -2.56. The molecular weight excluding hydrogens is 378 g/mol. The van der Waals surface area contributed by atoms with E-state index in [1.165, 1.54) is 31.4 Å². The zero-order valence-corrected chi connectivity index (χ0v) is 16.1. The Labute approximate surface area is 167 Å². The Morgan fingerprint density at radius 1 is 1.18 bits per heavy atom. The lowest BCUT2D eigenvalue weighted by molar-refractivity contribution is -0.255. The quantitative estimate of drug-likeness (QED) is 0.855. The number of hydrogen-bond donors (Lipinski definition) is 1. The standard InChI is InChI=1S/C21H22ClN3O3/c22-18-17(24-16-3-1-2-15(7-16)20(27)28)11-23-25(19(18)26)21-8-12-4-13(9-21)6-14(5-12)10-21/h1-3,7,11-14,24H,4-6,8-10H2,(H,27,28)/p-1. The van der Waals surface area contributed by atoms with E-state index in [-0.39, 0.29) is 21.7 Å². The highest BCUT2D eigenvalue weighted by molar-refractivity contribution is 6.33. The molecule has 0 saturated heterocycles. The summed E-state index contributed by atoms with van der Waals surface area (Å²) in [6.07, 6.45) is 8.49. The van der Waals surface area contributed by atoms with Crippen LogP contribution in [0.15, 0.2) is 35.3 Å². The van der Waals surface area contributed by atoms with E-state index in [9.17, 15) is 14.7 Å². The van der Waals surface area contributed by atoms with Crippen LogP contribution in [0.1, 0.15) is 48.9 Å². The number of halogens is 1. The maximum Gasteiger partial charge on any atom is 0.288 e. The molecule has 4 aliphatic carbocycles. The van der Waals surface area contributed by atoms with Crippen LogP contribution < -0.4 is 16.0 Å². The van der Waals surface area contributed by atoms with Crippen LogP contribution in [0.4, 0.5) is 11.4 Å². The van der Waals surface area contributed by atoms with Crippen molar-refractivity contribution in [2.24, 2.45) is 17.8 Å². The van der Waals surface area contributed by atoms with Gasteiger partial charge in [-0.15, -0.1) is 0 Å². The summed E-state index contributed by atoms with van der Waals surface area (Å²) < 4.78 is 1.64. The highest BCUT2D eigenvalue weighted by atomic mass is 35.5. The first-order chi connectivity index (χ1) is 13.4. The van der Waals surface area contributed by atoms with Gasteiger partial charge in [-0.3, -0.25) is 4.79 Å². The fourth-order valence-corrected chi connectivity index (χ4v) is 6.24. The molecular formula is C21H21ClN3O3-. The van der Waals surface area contributed by atoms with Crippen molar-refractivity contribution in [1.82, 2.24) is 9.78 Å². The van der Waals surface area contributed by atoms with Gasteiger partial charge in [0.1, 0.15) is 5.02 Å². The molecule has 0 radical (unpaired) electrons. The summed E-state index contributed by atoms with van der Waals surface area (Å²) in [5, 5.41) is 18.7. The van der Waals surface area contributed by atoms with Crippen molar-refractivity contribution in [3.05, 3.63) is 51.4 Å². The van der Waals surface area contributed by atoms with E-state index in [1.54, 1.807) is 23.0 Å². The first kappa shape index (κ1) is 17.7. The average molecular weight is 399 g/mol. The monoisotopic (exact) mass is 398 g/mol. The van der Waals surface area contributed by atoms with E-state index in [0.29, 0.717) is 29.1 Å². The molecule has 4 fully saturated rings. The number of carbonyl (C=O) groups excluding carboxylic acids is 1. The van der Waals surface area contributed by atoms with Crippen LogP contribution in [0.5, 0.6) is 0 Å². The smallest absolute Gasteiger partial charge is 0.288 e. The topological polar surface area (TPSA) is 87.0 Å². The van der Waals surface area contributed by atoms with Crippen molar-refractivity contribution < 1.29 is 9.90 Å². The number of carboxylic acid groups (broad SMARTS) is 1. The molecule has 1 aromatic carbocycles. The van der Waals surface area contributed by atoms with Crippen LogP contribution >= 0.6 is 11.6 Å². The highest BCUT2D eigenvalue weighted by Gasteiger charge is 2.53. The first-order valence-corrected chi connectivity index (χ1v) is 10.2. The predicted octanol–water partition coefficient (Wildman–Crippen LogP) is 2.93. The summed E-state index contributed by atoms with van der Waals surface area (Å²) in [4.78, 5) is 24.1. The minimum absolute atomic E-state index is 0.0518. The highest BCUT2D eigenvalue weighted by Crippen LogP contribution is 2.58. The van der Waals surface area contributed by atoms with E-state index in [0.717, 1.165) is 19.3 Å². The molecule has 0 spiro atoms. The molecule has 1 N–H and O–H groups in total. The number of benzene rings is 1. The second-order valence-electron chi connectivity index (χ2n) is 8.72. The Morgan fingerprint density at radius 3 is 2.43 bits per heavy atom. The third-order valence-corrected chi connectivity index (χ3v) is 7.12. The lowest BCUT2D eigenvalue weighted by atomic mass is 9.53. The number of nitrogens with one attached hydrogen (secondary N) is 1. The third kappa shape index (κ3) is 2.82. The summed E-state index contributed by atoms with van der Waals surface area (Å²) in [7, 11) is 0. The van der Waals surface area contributed by atoms with Crippen LogP contribution in [0.3, 0.4) is 0 Å². The Bertz CT molecular complexity index is 981. The molecule has 0 unspecified atom stereocenters. The average Bonchev–Trinajstić information content (AvgIpc) is 2.64. The van der Waals surface area contributed by atoms with Gasteiger partial charge in [-0.25, -0.2) is 4.68 Å². The number of carbonyl (C=O) groups is 1. The number of hydrogen-bond acceptors (Lipinski definition) is 5. The molecule has 28 heavy (non-hydrogen) atoms. The molecule has 2 aromatic rings. The van der Waals surface area contributed by atoms with Crippen LogP contribution in [0, 0.1) is 17.8 Å². The molecule has 4 aliphatic rings. The minimum Gasteiger partial charge on any atom is -0.545 e. The predicted molar refractivity (Wildman–Crippen MR) is 104 cm³/mol. The van der Waals surface area contributed by atoms with E-state index in [1.807, 2.05) is 0 Å². The molecule has 1 aromatic heterocycles. The summed E-state index contributed by atoms with van der Waals surface area (Å²) >= 11 is 6.43. The number of nitrogens with zero attached hydrogens (tertiary/aromatic N) is 2. The number of rotatable bonds is 4. The van der Waals surface area contributed by atoms with Gasteiger partial charge < -0.3 is 15.2 Å². The van der Waals surface area contributed by atoms with Gasteiger partial charge in [-0.2, -0.15) is 5.10 Å². The fraction of sp³-hybridized carbons (Fsp3) is 0.476. The normalized spacial score (nSPS) is 30.4. The Balaban J connectivity index is 1.48. The molecule has 146 valence electrons. The van der Waals surface area contributed by atoms with Crippen molar-refractivity contribution in [2.75, 3.05) is 5.32 Å². The third-order valence-electron chi connectivity index (χ3n) is 6.75. The lowest BCUT2D eigenvalue weighted by Crippen LogP contribution is -2.55. The number of aromatic carboxylic acids is 1. The van der Waals surface area contributed by atoms with Gasteiger partial charge in [0.15, 0.2) is 0 Å². The fourth-order valence-electron chi connectivity index (χ4n) is 6.06. The molecule has 4 saturated carbocycles.